The van der Waals surface area contributed by atoms with Crippen molar-refractivity contribution >= 4 is 22.4 Å². The molecular weight excluding hydrogens is 490 g/mol. The van der Waals surface area contributed by atoms with Crippen molar-refractivity contribution in [1.82, 2.24) is 25.1 Å². The summed E-state index contributed by atoms with van der Waals surface area (Å²) in [5, 5.41) is 11.4. The molecule has 0 aromatic carbocycles. The smallest absolute Gasteiger partial charge is 0.280 e. The van der Waals surface area contributed by atoms with Crippen LogP contribution in [0.1, 0.15) is 46.1 Å². The molecule has 4 aromatic rings. The number of ether oxygens (including phenoxy) is 1. The lowest BCUT2D eigenvalue weighted by molar-refractivity contribution is 0.102. The number of hydrogen-bond acceptors (Lipinski definition) is 9. The van der Waals surface area contributed by atoms with Crippen LogP contribution in [0, 0.1) is 24.7 Å². The van der Waals surface area contributed by atoms with Gasteiger partial charge in [0.1, 0.15) is 22.9 Å². The van der Waals surface area contributed by atoms with E-state index in [9.17, 15) is 13.6 Å². The Balaban J connectivity index is 1.55. The molecule has 1 fully saturated rings. The van der Waals surface area contributed by atoms with E-state index in [4.69, 9.17) is 9.15 Å². The number of oxazole rings is 1. The van der Waals surface area contributed by atoms with E-state index in [0.29, 0.717) is 22.4 Å². The fourth-order valence-electron chi connectivity index (χ4n) is 3.28. The molecule has 0 bridgehead atoms. The summed E-state index contributed by atoms with van der Waals surface area (Å²) in [5.41, 5.74) is 0.430. The lowest BCUT2D eigenvalue weighted by Gasteiger charge is -2.14. The van der Waals surface area contributed by atoms with Crippen LogP contribution in [0.5, 0.6) is 5.75 Å². The highest BCUT2D eigenvalue weighted by molar-refractivity contribution is 7.15. The van der Waals surface area contributed by atoms with Gasteiger partial charge in [-0.2, -0.15) is 0 Å². The van der Waals surface area contributed by atoms with Gasteiger partial charge in [0.15, 0.2) is 5.01 Å². The van der Waals surface area contributed by atoms with Gasteiger partial charge in [0.05, 0.1) is 25.1 Å². The lowest BCUT2D eigenvalue weighted by Crippen LogP contribution is -2.14. The van der Waals surface area contributed by atoms with Gasteiger partial charge in [-0.05, 0) is 37.8 Å². The van der Waals surface area contributed by atoms with Crippen LogP contribution in [0.3, 0.4) is 0 Å². The zero-order chi connectivity index (χ0) is 25.2. The zero-order valence-electron chi connectivity index (χ0n) is 19.1. The van der Waals surface area contributed by atoms with Crippen LogP contribution in [0.15, 0.2) is 35.1 Å². The van der Waals surface area contributed by atoms with E-state index in [1.807, 2.05) is 0 Å². The first-order valence-corrected chi connectivity index (χ1v) is 11.6. The van der Waals surface area contributed by atoms with Crippen LogP contribution >= 0.6 is 11.3 Å². The molecule has 0 saturated heterocycles. The first-order chi connectivity index (χ1) is 17.4. The Bertz CT molecular complexity index is 1500. The summed E-state index contributed by atoms with van der Waals surface area (Å²) in [7, 11) is 1.38. The molecule has 1 amide bonds. The maximum absolute atomic E-state index is 13.5. The van der Waals surface area contributed by atoms with Gasteiger partial charge in [0.2, 0.25) is 11.0 Å². The Morgan fingerprint density at radius 3 is 2.69 bits per heavy atom. The third kappa shape index (κ3) is 5.06. The van der Waals surface area contributed by atoms with Gasteiger partial charge in [0, 0.05) is 23.2 Å². The maximum atomic E-state index is 13.5. The number of pyridine rings is 2. The fourth-order valence-corrected chi connectivity index (χ4v) is 3.88. The third-order valence-electron chi connectivity index (χ3n) is 5.22. The number of amides is 1. The van der Waals surface area contributed by atoms with Gasteiger partial charge in [-0.15, -0.1) is 10.2 Å². The SMILES string of the molecule is COc1cnc(C(F)F)cc1-c1cc(-c2ncc(C)o2)ncc1C(=O)Nc1nnc(C#CC2CC2)s1. The minimum Gasteiger partial charge on any atom is -0.494 e. The first kappa shape index (κ1) is 23.5. The Morgan fingerprint density at radius 2 is 2.00 bits per heavy atom. The molecule has 4 aromatic heterocycles. The van der Waals surface area contributed by atoms with E-state index < -0.39 is 18.0 Å². The molecule has 0 atom stereocenters. The second-order valence-electron chi connectivity index (χ2n) is 7.91. The summed E-state index contributed by atoms with van der Waals surface area (Å²) < 4.78 is 37.8. The third-order valence-corrected chi connectivity index (χ3v) is 5.97. The molecule has 1 saturated carbocycles. The molecule has 36 heavy (non-hydrogen) atoms. The number of carbonyl (C=O) groups excluding carboxylic acids is 1. The lowest BCUT2D eigenvalue weighted by atomic mass is 9.99. The molecule has 9 nitrogen and oxygen atoms in total. The van der Waals surface area contributed by atoms with Crippen molar-refractivity contribution in [1.29, 1.82) is 0 Å². The average Bonchev–Trinajstić information content (AvgIpc) is 3.44. The molecule has 182 valence electrons. The summed E-state index contributed by atoms with van der Waals surface area (Å²) in [5.74, 6) is 6.86. The Labute approximate surface area is 208 Å². The Morgan fingerprint density at radius 1 is 1.17 bits per heavy atom. The molecular formula is C24H18F2N6O3S. The number of nitrogens with zero attached hydrogens (tertiary/aromatic N) is 5. The van der Waals surface area contributed by atoms with Crippen LogP contribution in [-0.2, 0) is 0 Å². The number of nitrogens with one attached hydrogen (secondary N) is 1. The van der Waals surface area contributed by atoms with Crippen molar-refractivity contribution in [2.75, 3.05) is 12.4 Å². The van der Waals surface area contributed by atoms with Gasteiger partial charge < -0.3 is 9.15 Å². The second kappa shape index (κ2) is 9.79. The van der Waals surface area contributed by atoms with Gasteiger partial charge in [-0.1, -0.05) is 17.3 Å². The Hall–Kier alpha value is -4.24. The number of rotatable bonds is 6. The van der Waals surface area contributed by atoms with Crippen molar-refractivity contribution in [3.05, 3.63) is 52.7 Å². The molecule has 4 heterocycles. The maximum Gasteiger partial charge on any atom is 0.280 e. The number of aryl methyl sites for hydroxylation is 1. The molecule has 0 unspecified atom stereocenters. The summed E-state index contributed by atoms with van der Waals surface area (Å²) >= 11 is 1.14. The van der Waals surface area contributed by atoms with Crippen molar-refractivity contribution in [2.45, 2.75) is 26.2 Å². The molecule has 0 spiro atoms. The van der Waals surface area contributed by atoms with Gasteiger partial charge in [-0.3, -0.25) is 20.1 Å². The average molecular weight is 509 g/mol. The molecule has 0 radical (unpaired) electrons. The highest BCUT2D eigenvalue weighted by Crippen LogP contribution is 2.36. The number of methoxy groups -OCH3 is 1. The van der Waals surface area contributed by atoms with E-state index in [1.165, 1.54) is 37.8 Å². The zero-order valence-corrected chi connectivity index (χ0v) is 19.9. The number of halogens is 2. The molecule has 1 aliphatic carbocycles. The van der Waals surface area contributed by atoms with E-state index >= 15 is 0 Å². The minimum atomic E-state index is -2.82. The van der Waals surface area contributed by atoms with Gasteiger partial charge >= 0.3 is 0 Å². The summed E-state index contributed by atoms with van der Waals surface area (Å²) in [6.45, 7) is 1.73. The number of carbonyl (C=O) groups is 1. The number of alkyl halides is 2. The van der Waals surface area contributed by atoms with Crippen molar-refractivity contribution in [3.8, 4) is 40.3 Å². The van der Waals surface area contributed by atoms with Gasteiger partial charge in [0.25, 0.3) is 12.3 Å². The van der Waals surface area contributed by atoms with E-state index in [1.54, 1.807) is 6.92 Å². The highest BCUT2D eigenvalue weighted by atomic mass is 32.1. The predicted molar refractivity (Wildman–Crippen MR) is 127 cm³/mol. The monoisotopic (exact) mass is 508 g/mol. The van der Waals surface area contributed by atoms with Crippen LogP contribution in [0.25, 0.3) is 22.7 Å². The Kier molecular flexibility index (Phi) is 6.39. The van der Waals surface area contributed by atoms with Crippen molar-refractivity contribution in [3.63, 3.8) is 0 Å². The predicted octanol–water partition coefficient (Wildman–Crippen LogP) is 4.92. The van der Waals surface area contributed by atoms with Crippen molar-refractivity contribution < 1.29 is 22.7 Å². The van der Waals surface area contributed by atoms with Crippen LogP contribution in [0.4, 0.5) is 13.9 Å². The second-order valence-corrected chi connectivity index (χ2v) is 8.89. The molecule has 5 rings (SSSR count). The molecule has 12 heteroatoms. The van der Waals surface area contributed by atoms with E-state index in [-0.39, 0.29) is 33.5 Å². The van der Waals surface area contributed by atoms with Gasteiger partial charge in [-0.25, -0.2) is 13.8 Å². The van der Waals surface area contributed by atoms with Crippen LogP contribution in [-0.4, -0.2) is 38.2 Å². The van der Waals surface area contributed by atoms with Crippen LogP contribution < -0.4 is 10.1 Å². The fraction of sp³-hybridized carbons (Fsp3) is 0.250. The summed E-state index contributed by atoms with van der Waals surface area (Å²) in [4.78, 5) is 25.5. The molecule has 0 aliphatic heterocycles. The highest BCUT2D eigenvalue weighted by Gasteiger charge is 2.23. The summed E-state index contributed by atoms with van der Waals surface area (Å²) in [6.07, 6.45) is 3.37. The molecule has 1 N–H and O–H groups in total. The summed E-state index contributed by atoms with van der Waals surface area (Å²) in [6, 6.07) is 2.71. The minimum absolute atomic E-state index is 0.0903. The van der Waals surface area contributed by atoms with Crippen LogP contribution in [0.2, 0.25) is 0 Å². The number of aromatic nitrogens is 5. The quantitative estimate of drug-likeness (QED) is 0.365. The normalized spacial score (nSPS) is 12.8. The van der Waals surface area contributed by atoms with E-state index in [2.05, 4.69) is 42.3 Å². The largest absolute Gasteiger partial charge is 0.494 e. The number of anilines is 1. The number of hydrogen-bond donors (Lipinski definition) is 1. The topological polar surface area (TPSA) is 116 Å². The first-order valence-electron chi connectivity index (χ1n) is 10.8. The standard InChI is InChI=1S/C24H18F2N6O3S/c1-12-9-29-23(35-12)18-7-14(15-8-17(21(25)26)28-11-19(15)34-2)16(10-27-18)22(33)30-24-32-31-20(36-24)6-5-13-3-4-13/h7-11,13,21H,3-4H2,1-2H3,(H,30,32,33). The molecule has 1 aliphatic rings. The van der Waals surface area contributed by atoms with E-state index in [0.717, 1.165) is 24.2 Å². The van der Waals surface area contributed by atoms with Crippen molar-refractivity contribution in [2.24, 2.45) is 5.92 Å².